The first-order valence-corrected chi connectivity index (χ1v) is 4.58. The van der Waals surface area contributed by atoms with Crippen molar-refractivity contribution in [1.29, 1.82) is 0 Å². The Balaban J connectivity index is 2.41. The molecule has 0 bridgehead atoms. The lowest BCUT2D eigenvalue weighted by atomic mass is 10.1. The second kappa shape index (κ2) is 4.29. The zero-order chi connectivity index (χ0) is 8.97. The van der Waals surface area contributed by atoms with E-state index in [0.717, 1.165) is 18.8 Å². The van der Waals surface area contributed by atoms with E-state index in [1.807, 2.05) is 6.92 Å². The second-order valence-electron chi connectivity index (χ2n) is 3.40. The Kier molecular flexibility index (Phi) is 3.32. The predicted molar refractivity (Wildman–Crippen MR) is 47.7 cm³/mol. The number of hydrogen-bond acceptors (Lipinski definition) is 2. The third-order valence-electron chi connectivity index (χ3n) is 2.18. The maximum atomic E-state index is 11.0. The molecular formula is C10H16O2. The molecule has 1 rings (SSSR count). The topological polar surface area (TPSA) is 26.3 Å². The molecule has 0 amide bonds. The van der Waals surface area contributed by atoms with Crippen molar-refractivity contribution in [1.82, 2.24) is 0 Å². The van der Waals surface area contributed by atoms with Crippen molar-refractivity contribution in [3.63, 3.8) is 0 Å². The highest BCUT2D eigenvalue weighted by Crippen LogP contribution is 2.29. The summed E-state index contributed by atoms with van der Waals surface area (Å²) in [6.45, 7) is 4.51. The molecule has 0 aliphatic heterocycles. The van der Waals surface area contributed by atoms with Gasteiger partial charge in [-0.15, -0.1) is 0 Å². The molecule has 1 saturated carbocycles. The molecule has 1 aliphatic carbocycles. The molecule has 0 saturated heterocycles. The number of carbonyl (C=O) groups excluding carboxylic acids is 1. The third-order valence-corrected chi connectivity index (χ3v) is 2.18. The Labute approximate surface area is 73.6 Å². The second-order valence-corrected chi connectivity index (χ2v) is 3.40. The van der Waals surface area contributed by atoms with Gasteiger partial charge in [0.15, 0.2) is 0 Å². The Bertz CT molecular complexity index is 194. The lowest BCUT2D eigenvalue weighted by molar-refractivity contribution is -0.137. The van der Waals surface area contributed by atoms with E-state index in [2.05, 4.69) is 6.92 Å². The van der Waals surface area contributed by atoms with Crippen LogP contribution < -0.4 is 0 Å². The number of rotatable bonds is 2. The summed E-state index contributed by atoms with van der Waals surface area (Å²) in [7, 11) is 0. The smallest absolute Gasteiger partial charge is 0.330 e. The van der Waals surface area contributed by atoms with E-state index in [9.17, 15) is 4.79 Å². The van der Waals surface area contributed by atoms with Gasteiger partial charge in [0.05, 0.1) is 6.61 Å². The maximum absolute atomic E-state index is 11.0. The van der Waals surface area contributed by atoms with Crippen LogP contribution in [-0.2, 0) is 9.53 Å². The highest BCUT2D eigenvalue weighted by atomic mass is 16.5. The Hall–Kier alpha value is -0.790. The van der Waals surface area contributed by atoms with Crippen LogP contribution in [0.1, 0.15) is 33.1 Å². The Morgan fingerprint density at radius 1 is 1.75 bits per heavy atom. The summed E-state index contributed by atoms with van der Waals surface area (Å²) < 4.78 is 4.82. The fourth-order valence-corrected chi connectivity index (χ4v) is 1.57. The van der Waals surface area contributed by atoms with Gasteiger partial charge in [-0.25, -0.2) is 4.79 Å². The van der Waals surface area contributed by atoms with Crippen LogP contribution in [0.4, 0.5) is 0 Å². The number of allylic oxidation sites excluding steroid dienone is 1. The minimum atomic E-state index is -0.179. The van der Waals surface area contributed by atoms with Gasteiger partial charge in [-0.1, -0.05) is 12.5 Å². The standard InChI is InChI=1S/C10H16O2/c1-3-12-10(11)7-9-5-4-8(2)6-9/h7-8H,3-6H2,1-2H3/b9-7+. The quantitative estimate of drug-likeness (QED) is 0.467. The lowest BCUT2D eigenvalue weighted by Crippen LogP contribution is -2.00. The lowest BCUT2D eigenvalue weighted by Gasteiger charge is -1.98. The van der Waals surface area contributed by atoms with Crippen LogP contribution in [0.5, 0.6) is 0 Å². The summed E-state index contributed by atoms with van der Waals surface area (Å²) in [5.41, 5.74) is 1.25. The van der Waals surface area contributed by atoms with Crippen molar-refractivity contribution in [2.45, 2.75) is 33.1 Å². The minimum Gasteiger partial charge on any atom is -0.463 e. The van der Waals surface area contributed by atoms with Gasteiger partial charge in [0.2, 0.25) is 0 Å². The Morgan fingerprint density at radius 3 is 3.00 bits per heavy atom. The first-order valence-electron chi connectivity index (χ1n) is 4.58. The van der Waals surface area contributed by atoms with Crippen LogP contribution in [0.15, 0.2) is 11.6 Å². The van der Waals surface area contributed by atoms with E-state index < -0.39 is 0 Å². The molecule has 0 aromatic heterocycles. The molecule has 0 heterocycles. The highest BCUT2D eigenvalue weighted by molar-refractivity contribution is 5.82. The molecular weight excluding hydrogens is 152 g/mol. The number of ether oxygens (including phenoxy) is 1. The molecule has 12 heavy (non-hydrogen) atoms. The number of carbonyl (C=O) groups is 1. The van der Waals surface area contributed by atoms with Crippen LogP contribution in [0, 0.1) is 5.92 Å². The summed E-state index contributed by atoms with van der Waals surface area (Å²) in [5, 5.41) is 0. The van der Waals surface area contributed by atoms with E-state index in [0.29, 0.717) is 6.61 Å². The van der Waals surface area contributed by atoms with Crippen LogP contribution in [0.3, 0.4) is 0 Å². The molecule has 1 unspecified atom stereocenters. The molecule has 1 fully saturated rings. The molecule has 1 aliphatic rings. The van der Waals surface area contributed by atoms with Crippen molar-refractivity contribution in [3.05, 3.63) is 11.6 Å². The summed E-state index contributed by atoms with van der Waals surface area (Å²) in [6, 6.07) is 0. The molecule has 2 heteroatoms. The minimum absolute atomic E-state index is 0.179. The number of esters is 1. The zero-order valence-electron chi connectivity index (χ0n) is 7.80. The monoisotopic (exact) mass is 168 g/mol. The van der Waals surface area contributed by atoms with Crippen LogP contribution in [-0.4, -0.2) is 12.6 Å². The van der Waals surface area contributed by atoms with Gasteiger partial charge in [0.1, 0.15) is 0 Å². The summed E-state index contributed by atoms with van der Waals surface area (Å²) >= 11 is 0. The molecule has 2 nitrogen and oxygen atoms in total. The van der Waals surface area contributed by atoms with Gasteiger partial charge in [-0.05, 0) is 32.1 Å². The maximum Gasteiger partial charge on any atom is 0.330 e. The molecule has 1 atom stereocenters. The number of hydrogen-bond donors (Lipinski definition) is 0. The van der Waals surface area contributed by atoms with E-state index >= 15 is 0 Å². The van der Waals surface area contributed by atoms with E-state index in [-0.39, 0.29) is 5.97 Å². The Morgan fingerprint density at radius 2 is 2.50 bits per heavy atom. The highest BCUT2D eigenvalue weighted by Gasteiger charge is 2.15. The molecule has 0 aromatic carbocycles. The molecule has 0 spiro atoms. The van der Waals surface area contributed by atoms with E-state index in [4.69, 9.17) is 4.74 Å². The van der Waals surface area contributed by atoms with Gasteiger partial charge in [-0.2, -0.15) is 0 Å². The summed E-state index contributed by atoms with van der Waals surface area (Å²) in [6.07, 6.45) is 5.01. The van der Waals surface area contributed by atoms with Crippen molar-refractivity contribution >= 4 is 5.97 Å². The fourth-order valence-electron chi connectivity index (χ4n) is 1.57. The first-order chi connectivity index (χ1) is 5.72. The fraction of sp³-hybridized carbons (Fsp3) is 0.700. The van der Waals surface area contributed by atoms with Gasteiger partial charge >= 0.3 is 5.97 Å². The van der Waals surface area contributed by atoms with Crippen LogP contribution in [0.2, 0.25) is 0 Å². The molecule has 68 valence electrons. The SMILES string of the molecule is CCOC(=O)/C=C1\CCC(C)C1. The summed E-state index contributed by atoms with van der Waals surface area (Å²) in [4.78, 5) is 11.0. The summed E-state index contributed by atoms with van der Waals surface area (Å²) in [5.74, 6) is 0.562. The van der Waals surface area contributed by atoms with Crippen molar-refractivity contribution in [2.24, 2.45) is 5.92 Å². The van der Waals surface area contributed by atoms with Gasteiger partial charge < -0.3 is 4.74 Å². The molecule has 0 N–H and O–H groups in total. The largest absolute Gasteiger partial charge is 0.463 e. The molecule has 0 aromatic rings. The third kappa shape index (κ3) is 2.68. The van der Waals surface area contributed by atoms with Gasteiger partial charge in [-0.3, -0.25) is 0 Å². The van der Waals surface area contributed by atoms with Gasteiger partial charge in [0, 0.05) is 6.08 Å². The van der Waals surface area contributed by atoms with Crippen LogP contribution in [0.25, 0.3) is 0 Å². The van der Waals surface area contributed by atoms with E-state index in [1.165, 1.54) is 12.0 Å². The average Bonchev–Trinajstić information content (AvgIpc) is 2.36. The van der Waals surface area contributed by atoms with Crippen molar-refractivity contribution in [3.8, 4) is 0 Å². The molecule has 0 radical (unpaired) electrons. The predicted octanol–water partition coefficient (Wildman–Crippen LogP) is 2.30. The van der Waals surface area contributed by atoms with E-state index in [1.54, 1.807) is 6.08 Å². The first kappa shape index (κ1) is 9.30. The van der Waals surface area contributed by atoms with Crippen molar-refractivity contribution < 1.29 is 9.53 Å². The normalized spacial score (nSPS) is 26.2. The average molecular weight is 168 g/mol. The zero-order valence-corrected chi connectivity index (χ0v) is 7.80. The van der Waals surface area contributed by atoms with Crippen LogP contribution >= 0.6 is 0 Å². The van der Waals surface area contributed by atoms with Gasteiger partial charge in [0.25, 0.3) is 0 Å². The van der Waals surface area contributed by atoms with Crippen molar-refractivity contribution in [2.75, 3.05) is 6.61 Å².